The van der Waals surface area contributed by atoms with E-state index >= 15 is 0 Å². The van der Waals surface area contributed by atoms with Gasteiger partial charge in [-0.25, -0.2) is 4.79 Å². The summed E-state index contributed by atoms with van der Waals surface area (Å²) in [7, 11) is 3.01. The van der Waals surface area contributed by atoms with Crippen molar-refractivity contribution in [3.63, 3.8) is 0 Å². The quantitative estimate of drug-likeness (QED) is 0.819. The Kier molecular flexibility index (Phi) is 2.81. The fourth-order valence-corrected chi connectivity index (χ4v) is 2.69. The molecule has 0 amide bonds. The van der Waals surface area contributed by atoms with Gasteiger partial charge in [-0.3, -0.25) is 0 Å². The van der Waals surface area contributed by atoms with Crippen molar-refractivity contribution in [2.24, 2.45) is 0 Å². The second-order valence-corrected chi connectivity index (χ2v) is 4.41. The molecular weight excluding hydrogens is 242 g/mol. The molecule has 0 saturated heterocycles. The van der Waals surface area contributed by atoms with E-state index in [2.05, 4.69) is 0 Å². The smallest absolute Gasteiger partial charge is 0.345 e. The second kappa shape index (κ2) is 4.14. The zero-order chi connectivity index (χ0) is 12.6. The van der Waals surface area contributed by atoms with Crippen LogP contribution < -0.4 is 15.2 Å². The van der Waals surface area contributed by atoms with Crippen LogP contribution in [0, 0.1) is 0 Å². The Morgan fingerprint density at radius 1 is 1.35 bits per heavy atom. The first-order valence-electron chi connectivity index (χ1n) is 4.75. The topological polar surface area (TPSA) is 81.8 Å². The van der Waals surface area contributed by atoms with E-state index in [1.807, 2.05) is 0 Å². The highest BCUT2D eigenvalue weighted by Gasteiger charge is 2.17. The number of carbonyl (C=O) groups is 1. The molecule has 17 heavy (non-hydrogen) atoms. The summed E-state index contributed by atoms with van der Waals surface area (Å²) in [6, 6.07) is 3.18. The number of rotatable bonds is 3. The van der Waals surface area contributed by atoms with E-state index in [-0.39, 0.29) is 4.88 Å². The molecule has 0 bridgehead atoms. The molecule has 5 nitrogen and oxygen atoms in total. The monoisotopic (exact) mass is 253 g/mol. The first-order valence-corrected chi connectivity index (χ1v) is 5.57. The maximum Gasteiger partial charge on any atom is 0.345 e. The molecule has 90 valence electrons. The summed E-state index contributed by atoms with van der Waals surface area (Å²) in [6.07, 6.45) is 0. The van der Waals surface area contributed by atoms with Gasteiger partial charge in [-0.2, -0.15) is 0 Å². The summed E-state index contributed by atoms with van der Waals surface area (Å²) < 4.78 is 11.0. The van der Waals surface area contributed by atoms with E-state index in [0.29, 0.717) is 27.3 Å². The van der Waals surface area contributed by atoms with Crippen LogP contribution in [-0.4, -0.2) is 25.3 Å². The Hall–Kier alpha value is -1.95. The normalized spacial score (nSPS) is 10.5. The highest BCUT2D eigenvalue weighted by Crippen LogP contribution is 2.43. The van der Waals surface area contributed by atoms with Crippen molar-refractivity contribution in [3.05, 3.63) is 17.0 Å². The van der Waals surface area contributed by atoms with Crippen molar-refractivity contribution in [1.82, 2.24) is 0 Å². The van der Waals surface area contributed by atoms with Crippen LogP contribution >= 0.6 is 11.3 Å². The van der Waals surface area contributed by atoms with E-state index in [1.54, 1.807) is 12.1 Å². The zero-order valence-electron chi connectivity index (χ0n) is 9.31. The van der Waals surface area contributed by atoms with E-state index < -0.39 is 5.97 Å². The highest BCUT2D eigenvalue weighted by molar-refractivity contribution is 7.21. The van der Waals surface area contributed by atoms with Crippen molar-refractivity contribution >= 4 is 33.1 Å². The lowest BCUT2D eigenvalue weighted by molar-refractivity contribution is 0.0702. The van der Waals surface area contributed by atoms with Crippen molar-refractivity contribution in [2.45, 2.75) is 0 Å². The lowest BCUT2D eigenvalue weighted by Gasteiger charge is -2.08. The Balaban J connectivity index is 2.82. The average molecular weight is 253 g/mol. The van der Waals surface area contributed by atoms with Crippen molar-refractivity contribution in [1.29, 1.82) is 0 Å². The standard InChI is InChI=1S/C11H11NO4S/c1-15-7-4-6(12)9(16-2)10-5(7)3-8(17-10)11(13)14/h3-4H,12H2,1-2H3,(H,13,14). The minimum atomic E-state index is -0.978. The molecule has 6 heteroatoms. The van der Waals surface area contributed by atoms with Crippen LogP contribution in [0.25, 0.3) is 10.1 Å². The SMILES string of the molecule is COc1cc(N)c(OC)c2sc(C(=O)O)cc12. The summed E-state index contributed by atoms with van der Waals surface area (Å²) in [6.45, 7) is 0. The number of hydrogen-bond acceptors (Lipinski definition) is 5. The fraction of sp³-hybridized carbons (Fsp3) is 0.182. The molecule has 0 radical (unpaired) electrons. The number of ether oxygens (including phenoxy) is 2. The lowest BCUT2D eigenvalue weighted by Crippen LogP contribution is -1.94. The maximum atomic E-state index is 11.0. The molecule has 0 spiro atoms. The van der Waals surface area contributed by atoms with Gasteiger partial charge in [-0.1, -0.05) is 0 Å². The summed E-state index contributed by atoms with van der Waals surface area (Å²) in [5, 5.41) is 9.68. The van der Waals surface area contributed by atoms with E-state index in [0.717, 1.165) is 11.3 Å². The third-order valence-electron chi connectivity index (χ3n) is 2.39. The van der Waals surface area contributed by atoms with Crippen LogP contribution in [0.3, 0.4) is 0 Å². The van der Waals surface area contributed by atoms with Gasteiger partial charge in [0.25, 0.3) is 0 Å². The lowest BCUT2D eigenvalue weighted by atomic mass is 10.2. The number of benzene rings is 1. The maximum absolute atomic E-state index is 11.0. The highest BCUT2D eigenvalue weighted by atomic mass is 32.1. The number of methoxy groups -OCH3 is 2. The van der Waals surface area contributed by atoms with Gasteiger partial charge in [0.15, 0.2) is 5.75 Å². The summed E-state index contributed by atoms with van der Waals surface area (Å²) in [4.78, 5) is 11.2. The summed E-state index contributed by atoms with van der Waals surface area (Å²) >= 11 is 1.12. The number of nitrogen functional groups attached to an aromatic ring is 1. The van der Waals surface area contributed by atoms with Gasteiger partial charge in [-0.05, 0) is 6.07 Å². The van der Waals surface area contributed by atoms with Crippen LogP contribution in [0.2, 0.25) is 0 Å². The molecule has 1 aromatic carbocycles. The van der Waals surface area contributed by atoms with E-state index in [1.165, 1.54) is 14.2 Å². The van der Waals surface area contributed by atoms with Crippen molar-refractivity contribution in [3.8, 4) is 11.5 Å². The fourth-order valence-electron chi connectivity index (χ4n) is 1.64. The molecule has 0 aliphatic rings. The third-order valence-corrected chi connectivity index (χ3v) is 3.51. The number of hydrogen-bond donors (Lipinski definition) is 2. The minimum Gasteiger partial charge on any atom is -0.496 e. The molecule has 2 aromatic rings. The Bertz CT molecular complexity index is 591. The van der Waals surface area contributed by atoms with Crippen molar-refractivity contribution in [2.75, 3.05) is 20.0 Å². The number of fused-ring (bicyclic) bond motifs is 1. The Morgan fingerprint density at radius 2 is 2.06 bits per heavy atom. The number of nitrogens with two attached hydrogens (primary N) is 1. The van der Waals surface area contributed by atoms with E-state index in [9.17, 15) is 4.79 Å². The molecule has 0 fully saturated rings. The van der Waals surface area contributed by atoms with Gasteiger partial charge in [0.2, 0.25) is 0 Å². The van der Waals surface area contributed by atoms with Crippen LogP contribution in [0.1, 0.15) is 9.67 Å². The molecule has 0 saturated carbocycles. The number of carboxylic acids is 1. The van der Waals surface area contributed by atoms with E-state index in [4.69, 9.17) is 20.3 Å². The minimum absolute atomic E-state index is 0.224. The van der Waals surface area contributed by atoms with Gasteiger partial charge in [0.05, 0.1) is 24.6 Å². The molecule has 0 aliphatic carbocycles. The molecule has 1 heterocycles. The molecule has 0 atom stereocenters. The Morgan fingerprint density at radius 3 is 2.59 bits per heavy atom. The van der Waals surface area contributed by atoms with Gasteiger partial charge in [0, 0.05) is 11.5 Å². The summed E-state index contributed by atoms with van der Waals surface area (Å²) in [5.74, 6) is 0.0502. The van der Waals surface area contributed by atoms with Crippen LogP contribution in [0.15, 0.2) is 12.1 Å². The molecule has 0 aliphatic heterocycles. The van der Waals surface area contributed by atoms with Gasteiger partial charge >= 0.3 is 5.97 Å². The molecular formula is C11H11NO4S. The largest absolute Gasteiger partial charge is 0.496 e. The average Bonchev–Trinajstić information content (AvgIpc) is 2.72. The predicted octanol–water partition coefficient (Wildman–Crippen LogP) is 2.20. The predicted molar refractivity (Wildman–Crippen MR) is 66.3 cm³/mol. The van der Waals surface area contributed by atoms with Crippen LogP contribution in [0.4, 0.5) is 5.69 Å². The van der Waals surface area contributed by atoms with Gasteiger partial charge in [-0.15, -0.1) is 11.3 Å². The van der Waals surface area contributed by atoms with Gasteiger partial charge < -0.3 is 20.3 Å². The molecule has 2 rings (SSSR count). The van der Waals surface area contributed by atoms with Crippen LogP contribution in [-0.2, 0) is 0 Å². The zero-order valence-corrected chi connectivity index (χ0v) is 10.1. The first-order chi connectivity index (χ1) is 8.08. The number of carboxylic acid groups (broad SMARTS) is 1. The third kappa shape index (κ3) is 1.76. The number of aromatic carboxylic acids is 1. The first kappa shape index (κ1) is 11.5. The van der Waals surface area contributed by atoms with Gasteiger partial charge in [0.1, 0.15) is 10.6 Å². The second-order valence-electron chi connectivity index (χ2n) is 3.36. The number of thiophene rings is 1. The molecule has 1 aromatic heterocycles. The van der Waals surface area contributed by atoms with Crippen molar-refractivity contribution < 1.29 is 19.4 Å². The Labute approximate surface area is 101 Å². The van der Waals surface area contributed by atoms with Crippen LogP contribution in [0.5, 0.6) is 11.5 Å². The molecule has 0 unspecified atom stereocenters. The number of anilines is 1. The summed E-state index contributed by atoms with van der Waals surface area (Å²) in [5.41, 5.74) is 6.24. The molecule has 3 N–H and O–H groups in total.